The quantitative estimate of drug-likeness (QED) is 0.867. The van der Waals surface area contributed by atoms with Crippen LogP contribution in [0.15, 0.2) is 18.2 Å². The Balaban J connectivity index is 1.86. The normalized spacial score (nSPS) is 25.0. The monoisotopic (exact) mass is 380 g/mol. The summed E-state index contributed by atoms with van der Waals surface area (Å²) in [5, 5.41) is 0. The number of likely N-dealkylation sites (tertiary alicyclic amines) is 1. The average molecular weight is 380 g/mol. The molecule has 1 N–H and O–H groups in total. The van der Waals surface area contributed by atoms with E-state index in [-0.39, 0.29) is 18.3 Å². The number of hydrogen-bond acceptors (Lipinski definition) is 5. The van der Waals surface area contributed by atoms with Gasteiger partial charge in [-0.3, -0.25) is 0 Å². The van der Waals surface area contributed by atoms with E-state index >= 15 is 0 Å². The van der Waals surface area contributed by atoms with Crippen molar-refractivity contribution in [2.24, 2.45) is 11.8 Å². The second-order valence-corrected chi connectivity index (χ2v) is 8.79. The van der Waals surface area contributed by atoms with Crippen LogP contribution in [-0.4, -0.2) is 42.9 Å². The van der Waals surface area contributed by atoms with E-state index in [9.17, 15) is 9.18 Å². The van der Waals surface area contributed by atoms with Crippen LogP contribution in [0.1, 0.15) is 40.2 Å². The molecule has 0 saturated carbocycles. The molecule has 2 heterocycles. The molecule has 2 aliphatic heterocycles. The first-order chi connectivity index (χ1) is 12.6. The molecule has 0 radical (unpaired) electrons. The number of rotatable bonds is 4. The molecular weight excluding hydrogens is 351 g/mol. The molecule has 1 aromatic rings. The molecule has 1 aromatic carbocycles. The van der Waals surface area contributed by atoms with Crippen molar-refractivity contribution >= 4 is 6.09 Å². The number of hydroxylamine groups is 1. The number of carbonyl (C=O) groups is 1. The van der Waals surface area contributed by atoms with Gasteiger partial charge in [-0.05, 0) is 44.9 Å². The summed E-state index contributed by atoms with van der Waals surface area (Å²) in [6.45, 7) is 11.3. The Hall–Kier alpha value is -1.86. The van der Waals surface area contributed by atoms with Crippen LogP contribution in [0.3, 0.4) is 0 Å². The van der Waals surface area contributed by atoms with Crippen LogP contribution in [0, 0.1) is 17.7 Å². The lowest BCUT2D eigenvalue weighted by molar-refractivity contribution is 0.0149. The summed E-state index contributed by atoms with van der Waals surface area (Å²) < 4.78 is 26.0. The van der Waals surface area contributed by atoms with Crippen molar-refractivity contribution in [1.29, 1.82) is 0 Å². The molecule has 27 heavy (non-hydrogen) atoms. The number of amides is 1. The average Bonchev–Trinajstić information content (AvgIpc) is 3.10. The second-order valence-electron chi connectivity index (χ2n) is 8.79. The van der Waals surface area contributed by atoms with Gasteiger partial charge >= 0.3 is 6.09 Å². The molecule has 0 spiro atoms. The standard InChI is InChI=1S/C20H29FN2O4/c1-13(2)10-25-15-6-7-17(21)16(8-15)20-12-23(9-14(20)11-26-22-20)18(24)27-19(3,4)5/h6-8,13-14,22H,9-12H2,1-5H3. The van der Waals surface area contributed by atoms with Gasteiger partial charge in [-0.15, -0.1) is 0 Å². The lowest BCUT2D eigenvalue weighted by Gasteiger charge is -2.29. The van der Waals surface area contributed by atoms with Crippen molar-refractivity contribution in [2.75, 3.05) is 26.3 Å². The van der Waals surface area contributed by atoms with Crippen molar-refractivity contribution in [2.45, 2.75) is 45.8 Å². The lowest BCUT2D eigenvalue weighted by Crippen LogP contribution is -2.45. The fourth-order valence-corrected chi connectivity index (χ4v) is 3.52. The maximum absolute atomic E-state index is 14.8. The van der Waals surface area contributed by atoms with Crippen LogP contribution in [-0.2, 0) is 15.1 Å². The topological polar surface area (TPSA) is 60.0 Å². The van der Waals surface area contributed by atoms with Crippen molar-refractivity contribution in [1.82, 2.24) is 10.4 Å². The Kier molecular flexibility index (Phi) is 5.36. The van der Waals surface area contributed by atoms with Crippen LogP contribution in [0.2, 0.25) is 0 Å². The smallest absolute Gasteiger partial charge is 0.410 e. The van der Waals surface area contributed by atoms with Gasteiger partial charge in [0.1, 0.15) is 17.2 Å². The molecule has 2 fully saturated rings. The number of ether oxygens (including phenoxy) is 2. The van der Waals surface area contributed by atoms with Gasteiger partial charge < -0.3 is 19.2 Å². The highest BCUT2D eigenvalue weighted by Crippen LogP contribution is 2.43. The van der Waals surface area contributed by atoms with Crippen molar-refractivity contribution in [3.8, 4) is 5.75 Å². The van der Waals surface area contributed by atoms with Gasteiger partial charge in [0.15, 0.2) is 0 Å². The van der Waals surface area contributed by atoms with Crippen LogP contribution >= 0.6 is 0 Å². The summed E-state index contributed by atoms with van der Waals surface area (Å²) in [6.07, 6.45) is -0.398. The molecule has 7 heteroatoms. The van der Waals surface area contributed by atoms with Gasteiger partial charge in [-0.2, -0.15) is 5.48 Å². The van der Waals surface area contributed by atoms with E-state index in [0.29, 0.717) is 37.0 Å². The van der Waals surface area contributed by atoms with Crippen LogP contribution in [0.25, 0.3) is 0 Å². The summed E-state index contributed by atoms with van der Waals surface area (Å²) in [6, 6.07) is 4.75. The highest BCUT2D eigenvalue weighted by molar-refractivity contribution is 5.69. The van der Waals surface area contributed by atoms with Gasteiger partial charge in [0.25, 0.3) is 0 Å². The third kappa shape index (κ3) is 4.19. The van der Waals surface area contributed by atoms with Crippen LogP contribution in [0.5, 0.6) is 5.75 Å². The van der Waals surface area contributed by atoms with Gasteiger partial charge in [0, 0.05) is 24.6 Å². The Bertz CT molecular complexity index is 704. The third-order valence-corrected chi connectivity index (χ3v) is 4.77. The highest BCUT2D eigenvalue weighted by Gasteiger charge is 2.55. The molecule has 0 aliphatic carbocycles. The van der Waals surface area contributed by atoms with Crippen LogP contribution < -0.4 is 10.2 Å². The van der Waals surface area contributed by atoms with E-state index in [1.807, 2.05) is 20.8 Å². The molecular formula is C20H29FN2O4. The number of nitrogens with zero attached hydrogens (tertiary/aromatic N) is 1. The number of halogens is 1. The van der Waals surface area contributed by atoms with E-state index in [0.717, 1.165) is 0 Å². The molecule has 2 unspecified atom stereocenters. The number of fused-ring (bicyclic) bond motifs is 1. The van der Waals surface area contributed by atoms with E-state index in [1.165, 1.54) is 6.07 Å². The molecule has 2 aliphatic rings. The van der Waals surface area contributed by atoms with Crippen molar-refractivity contribution in [3.05, 3.63) is 29.6 Å². The summed E-state index contributed by atoms with van der Waals surface area (Å²) in [4.78, 5) is 19.6. The SMILES string of the molecule is CC(C)COc1ccc(F)c(C23CN(C(=O)OC(C)(C)C)CC2CON3)c1. The van der Waals surface area contributed by atoms with Crippen LogP contribution in [0.4, 0.5) is 9.18 Å². The molecule has 3 rings (SSSR count). The second kappa shape index (κ2) is 7.28. The summed E-state index contributed by atoms with van der Waals surface area (Å²) >= 11 is 0. The zero-order valence-electron chi connectivity index (χ0n) is 16.7. The molecule has 0 aromatic heterocycles. The minimum Gasteiger partial charge on any atom is -0.493 e. The zero-order chi connectivity index (χ0) is 19.8. The highest BCUT2D eigenvalue weighted by atomic mass is 19.1. The number of hydrogen-bond donors (Lipinski definition) is 1. The Labute approximate surface area is 159 Å². The minimum atomic E-state index is -0.807. The molecule has 1 amide bonds. The maximum atomic E-state index is 14.8. The van der Waals surface area contributed by atoms with Gasteiger partial charge in [0.05, 0.1) is 18.8 Å². The number of carbonyl (C=O) groups excluding carboxylic acids is 1. The molecule has 2 saturated heterocycles. The van der Waals surface area contributed by atoms with Crippen molar-refractivity contribution in [3.63, 3.8) is 0 Å². The lowest BCUT2D eigenvalue weighted by atomic mass is 9.82. The summed E-state index contributed by atoms with van der Waals surface area (Å²) in [5.74, 6) is 0.560. The molecule has 6 nitrogen and oxygen atoms in total. The molecule has 2 atom stereocenters. The Morgan fingerprint density at radius 2 is 2.19 bits per heavy atom. The fourth-order valence-electron chi connectivity index (χ4n) is 3.52. The van der Waals surface area contributed by atoms with E-state index < -0.39 is 17.2 Å². The van der Waals surface area contributed by atoms with Gasteiger partial charge in [-0.1, -0.05) is 13.8 Å². The fraction of sp³-hybridized carbons (Fsp3) is 0.650. The van der Waals surface area contributed by atoms with Crippen molar-refractivity contribution < 1.29 is 23.5 Å². The minimum absolute atomic E-state index is 0.0696. The Morgan fingerprint density at radius 1 is 1.44 bits per heavy atom. The first kappa shape index (κ1) is 19.9. The first-order valence-corrected chi connectivity index (χ1v) is 9.40. The first-order valence-electron chi connectivity index (χ1n) is 9.40. The Morgan fingerprint density at radius 3 is 2.85 bits per heavy atom. The zero-order valence-corrected chi connectivity index (χ0v) is 16.7. The van der Waals surface area contributed by atoms with E-state index in [4.69, 9.17) is 14.3 Å². The van der Waals surface area contributed by atoms with Gasteiger partial charge in [0.2, 0.25) is 0 Å². The number of nitrogens with one attached hydrogen (secondary N) is 1. The predicted molar refractivity (Wildman–Crippen MR) is 98.8 cm³/mol. The third-order valence-electron chi connectivity index (χ3n) is 4.77. The summed E-state index contributed by atoms with van der Waals surface area (Å²) in [7, 11) is 0. The molecule has 0 bridgehead atoms. The van der Waals surface area contributed by atoms with E-state index in [2.05, 4.69) is 19.3 Å². The summed E-state index contributed by atoms with van der Waals surface area (Å²) in [5.41, 5.74) is 2.05. The largest absolute Gasteiger partial charge is 0.493 e. The molecule has 150 valence electrons. The van der Waals surface area contributed by atoms with Gasteiger partial charge in [-0.25, -0.2) is 9.18 Å². The number of benzene rings is 1. The maximum Gasteiger partial charge on any atom is 0.410 e. The van der Waals surface area contributed by atoms with E-state index in [1.54, 1.807) is 17.0 Å². The predicted octanol–water partition coefficient (Wildman–Crippen LogP) is 3.46.